The van der Waals surface area contributed by atoms with E-state index in [-0.39, 0.29) is 30.2 Å². The van der Waals surface area contributed by atoms with Crippen LogP contribution < -0.4 is 10.6 Å². The Balaban J connectivity index is 1.16. The highest BCUT2D eigenvalue weighted by Gasteiger charge is 2.71. The SMILES string of the molecule is C[C@H]1[C@H]2[C@@H]3C[C@@H]([C@@H]12)N(C(=O)OC(C)(C)C)[C@@H]3C(=O)N[C@H](C#N)Cc1ccc(-c2ccc3c(c2)CNC3=O)cc1F. The van der Waals surface area contributed by atoms with Gasteiger partial charge in [0.1, 0.15) is 23.5 Å². The van der Waals surface area contributed by atoms with E-state index in [1.54, 1.807) is 49.9 Å². The van der Waals surface area contributed by atoms with Crippen LogP contribution in [0.3, 0.4) is 0 Å². The Labute approximate surface area is 232 Å². The predicted octanol–water partition coefficient (Wildman–Crippen LogP) is 4.18. The van der Waals surface area contributed by atoms with Gasteiger partial charge in [0.15, 0.2) is 0 Å². The van der Waals surface area contributed by atoms with Gasteiger partial charge in [-0.2, -0.15) is 5.26 Å². The van der Waals surface area contributed by atoms with Gasteiger partial charge in [0.25, 0.3) is 5.91 Å². The summed E-state index contributed by atoms with van der Waals surface area (Å²) < 4.78 is 20.8. The summed E-state index contributed by atoms with van der Waals surface area (Å²) in [6, 6.07) is 10.6. The summed E-state index contributed by atoms with van der Waals surface area (Å²) in [7, 11) is 0. The molecule has 1 saturated heterocycles. The summed E-state index contributed by atoms with van der Waals surface area (Å²) in [5, 5.41) is 15.4. The Hall–Kier alpha value is -3.93. The number of benzene rings is 2. The summed E-state index contributed by atoms with van der Waals surface area (Å²) in [4.78, 5) is 40.1. The Kier molecular flexibility index (Phi) is 6.13. The van der Waals surface area contributed by atoms with E-state index in [0.717, 1.165) is 17.5 Å². The molecule has 2 heterocycles. The van der Waals surface area contributed by atoms with Gasteiger partial charge in [0, 0.05) is 24.6 Å². The molecule has 2 aromatic carbocycles. The number of hydrogen-bond acceptors (Lipinski definition) is 5. The van der Waals surface area contributed by atoms with Gasteiger partial charge in [-0.15, -0.1) is 0 Å². The van der Waals surface area contributed by atoms with Gasteiger partial charge < -0.3 is 15.4 Å². The van der Waals surface area contributed by atoms with Crippen LogP contribution in [0.4, 0.5) is 9.18 Å². The summed E-state index contributed by atoms with van der Waals surface area (Å²) in [6.07, 6.45) is 0.253. The van der Waals surface area contributed by atoms with E-state index >= 15 is 4.39 Å². The van der Waals surface area contributed by atoms with E-state index in [1.165, 1.54) is 6.07 Å². The van der Waals surface area contributed by atoms with Gasteiger partial charge in [0.2, 0.25) is 5.91 Å². The second-order valence-electron chi connectivity index (χ2n) is 12.6. The number of halogens is 1. The number of ether oxygens (including phenoxy) is 1. The molecule has 208 valence electrons. The highest BCUT2D eigenvalue weighted by molar-refractivity contribution is 5.99. The minimum atomic E-state index is -0.961. The third-order valence-electron chi connectivity index (χ3n) is 8.98. The number of nitrogens with zero attached hydrogens (tertiary/aromatic N) is 2. The average molecular weight is 545 g/mol. The first-order valence-corrected chi connectivity index (χ1v) is 13.9. The quantitative estimate of drug-likeness (QED) is 0.587. The van der Waals surface area contributed by atoms with Crippen molar-refractivity contribution in [3.63, 3.8) is 0 Å². The Morgan fingerprint density at radius 1 is 1.20 bits per heavy atom. The lowest BCUT2D eigenvalue weighted by atomic mass is 9.94. The zero-order valence-electron chi connectivity index (χ0n) is 23.0. The number of nitriles is 1. The van der Waals surface area contributed by atoms with Gasteiger partial charge >= 0.3 is 6.09 Å². The third-order valence-corrected chi connectivity index (χ3v) is 8.98. The zero-order chi connectivity index (χ0) is 28.5. The largest absolute Gasteiger partial charge is 0.444 e. The first-order chi connectivity index (χ1) is 19.0. The molecule has 40 heavy (non-hydrogen) atoms. The lowest BCUT2D eigenvalue weighted by Crippen LogP contribution is -2.56. The second-order valence-corrected chi connectivity index (χ2v) is 12.6. The topological polar surface area (TPSA) is 112 Å². The fourth-order valence-corrected chi connectivity index (χ4v) is 7.25. The third kappa shape index (κ3) is 4.40. The van der Waals surface area contributed by atoms with Crippen LogP contribution in [0.2, 0.25) is 0 Å². The van der Waals surface area contributed by atoms with Gasteiger partial charge in [-0.3, -0.25) is 14.5 Å². The van der Waals surface area contributed by atoms with E-state index in [0.29, 0.717) is 41.0 Å². The predicted molar refractivity (Wildman–Crippen MR) is 144 cm³/mol. The van der Waals surface area contributed by atoms with E-state index in [2.05, 4.69) is 23.6 Å². The first kappa shape index (κ1) is 26.3. The fraction of sp³-hybridized carbons (Fsp3) is 0.484. The van der Waals surface area contributed by atoms with Crippen molar-refractivity contribution in [3.05, 3.63) is 58.9 Å². The maximum Gasteiger partial charge on any atom is 0.411 e. The lowest BCUT2D eigenvalue weighted by Gasteiger charge is -2.35. The summed E-state index contributed by atoms with van der Waals surface area (Å²) in [6.45, 7) is 7.99. The van der Waals surface area contributed by atoms with E-state index < -0.39 is 29.6 Å². The van der Waals surface area contributed by atoms with Gasteiger partial charge in [-0.05, 0) is 91.3 Å². The number of fused-ring (bicyclic) bond motifs is 6. The molecule has 0 spiro atoms. The standard InChI is InChI=1S/C31H33FN4O4/c1-15-25-22-12-24(26(15)25)36(30(39)40-31(2,3)4)27(22)29(38)35-20(13-33)10-18-6-5-17(11-23(18)32)16-7-8-21-19(9-16)14-34-28(21)37/h5-9,11,15,20,22,24-27H,10,12,14H2,1-4H3,(H,34,37)(H,35,38)/t15-,20-,22-,24-,25-,26+,27-/m0/s1. The molecule has 2 aliphatic heterocycles. The number of amides is 3. The highest BCUT2D eigenvalue weighted by Crippen LogP contribution is 2.67. The van der Waals surface area contributed by atoms with Crippen LogP contribution in [0.15, 0.2) is 36.4 Å². The van der Waals surface area contributed by atoms with Crippen LogP contribution in [0.25, 0.3) is 11.1 Å². The molecule has 2 N–H and O–H groups in total. The van der Waals surface area contributed by atoms with Crippen molar-refractivity contribution in [1.29, 1.82) is 5.26 Å². The molecule has 7 atom stereocenters. The molecule has 9 heteroatoms. The summed E-state index contributed by atoms with van der Waals surface area (Å²) in [5.74, 6) is 0.298. The van der Waals surface area contributed by atoms with Crippen molar-refractivity contribution < 1.29 is 23.5 Å². The van der Waals surface area contributed by atoms with E-state index in [4.69, 9.17) is 4.74 Å². The van der Waals surface area contributed by atoms with Crippen molar-refractivity contribution in [2.75, 3.05) is 0 Å². The minimum absolute atomic E-state index is 0.00727. The van der Waals surface area contributed by atoms with Gasteiger partial charge in [0.05, 0.1) is 6.07 Å². The Bertz CT molecular complexity index is 1460. The highest BCUT2D eigenvalue weighted by atomic mass is 19.1. The smallest absolute Gasteiger partial charge is 0.411 e. The molecular weight excluding hydrogens is 511 g/mol. The van der Waals surface area contributed by atoms with Crippen molar-refractivity contribution in [3.8, 4) is 17.2 Å². The van der Waals surface area contributed by atoms with Crippen LogP contribution >= 0.6 is 0 Å². The molecule has 8 nitrogen and oxygen atoms in total. The van der Waals surface area contributed by atoms with Crippen molar-refractivity contribution >= 4 is 17.9 Å². The summed E-state index contributed by atoms with van der Waals surface area (Å²) in [5.41, 5.74) is 2.55. The lowest BCUT2D eigenvalue weighted by molar-refractivity contribution is -0.128. The average Bonchev–Trinajstić information content (AvgIpc) is 3.21. The number of carbonyl (C=O) groups excluding carboxylic acids is 3. The molecule has 2 aromatic rings. The maximum absolute atomic E-state index is 15.2. The molecular formula is C31H33FN4O4. The van der Waals surface area contributed by atoms with Crippen molar-refractivity contribution in [1.82, 2.24) is 15.5 Å². The number of nitrogens with one attached hydrogen (secondary N) is 2. The Morgan fingerprint density at radius 2 is 1.93 bits per heavy atom. The van der Waals surface area contributed by atoms with Crippen LogP contribution in [0, 0.1) is 40.8 Å². The van der Waals surface area contributed by atoms with Crippen molar-refractivity contribution in [2.24, 2.45) is 23.7 Å². The maximum atomic E-state index is 15.2. The van der Waals surface area contributed by atoms with Crippen LogP contribution in [-0.2, 0) is 22.5 Å². The van der Waals surface area contributed by atoms with Crippen LogP contribution in [0.1, 0.15) is 55.6 Å². The monoisotopic (exact) mass is 544 g/mol. The van der Waals surface area contributed by atoms with Gasteiger partial charge in [-0.1, -0.05) is 25.1 Å². The molecule has 0 radical (unpaired) electrons. The zero-order valence-corrected chi connectivity index (χ0v) is 23.0. The van der Waals surface area contributed by atoms with Crippen molar-refractivity contribution in [2.45, 2.75) is 70.8 Å². The molecule has 2 bridgehead atoms. The number of piperidine rings is 1. The van der Waals surface area contributed by atoms with Crippen LogP contribution in [0.5, 0.6) is 0 Å². The van der Waals surface area contributed by atoms with Gasteiger partial charge in [-0.25, -0.2) is 9.18 Å². The number of rotatable bonds is 5. The minimum Gasteiger partial charge on any atom is -0.444 e. The molecule has 3 amide bonds. The molecule has 2 aliphatic carbocycles. The number of carbonyl (C=O) groups is 3. The molecule has 2 saturated carbocycles. The second kappa shape index (κ2) is 9.33. The van der Waals surface area contributed by atoms with E-state index in [1.807, 2.05) is 6.07 Å². The Morgan fingerprint density at radius 3 is 2.62 bits per heavy atom. The molecule has 4 aliphatic rings. The molecule has 0 aromatic heterocycles. The normalized spacial score (nSPS) is 28.3. The molecule has 6 rings (SSSR count). The summed E-state index contributed by atoms with van der Waals surface area (Å²) >= 11 is 0. The molecule has 3 fully saturated rings. The van der Waals surface area contributed by atoms with Crippen LogP contribution in [-0.4, -0.2) is 46.5 Å². The number of likely N-dealkylation sites (tertiary alicyclic amines) is 1. The van der Waals surface area contributed by atoms with E-state index in [9.17, 15) is 19.6 Å². The molecule has 0 unspecified atom stereocenters. The fourth-order valence-electron chi connectivity index (χ4n) is 7.25. The number of hydrogen-bond donors (Lipinski definition) is 2. The first-order valence-electron chi connectivity index (χ1n) is 13.9.